The molecule has 1 aromatic carbocycles. The van der Waals surface area contributed by atoms with Crippen LogP contribution in [0, 0.1) is 0 Å². The van der Waals surface area contributed by atoms with Gasteiger partial charge in [-0.05, 0) is 46.3 Å². The highest BCUT2D eigenvalue weighted by Gasteiger charge is 2.12. The maximum absolute atomic E-state index is 12.4. The first-order valence-corrected chi connectivity index (χ1v) is 6.80. The highest BCUT2D eigenvalue weighted by atomic mass is 79.9. The van der Waals surface area contributed by atoms with E-state index in [1.54, 1.807) is 24.5 Å². The largest absolute Gasteiger partial charge is 0.306 e. The number of nitrogens with one attached hydrogen (secondary N) is 1. The van der Waals surface area contributed by atoms with Crippen molar-refractivity contribution in [2.24, 2.45) is 0 Å². The molecule has 20 heavy (non-hydrogen) atoms. The molecule has 4 nitrogen and oxygen atoms in total. The second-order valence-electron chi connectivity index (χ2n) is 4.16. The molecule has 0 unspecified atom stereocenters. The van der Waals surface area contributed by atoms with Crippen molar-refractivity contribution in [1.29, 1.82) is 0 Å². The molecule has 0 aliphatic carbocycles. The lowest BCUT2D eigenvalue weighted by molar-refractivity contribution is 0.102. The molecule has 3 rings (SSSR count). The van der Waals surface area contributed by atoms with Crippen molar-refractivity contribution in [1.82, 2.24) is 9.97 Å². The third-order valence-corrected chi connectivity index (χ3v) is 3.52. The Morgan fingerprint density at radius 2 is 1.80 bits per heavy atom. The van der Waals surface area contributed by atoms with Gasteiger partial charge in [0.1, 0.15) is 5.82 Å². The van der Waals surface area contributed by atoms with E-state index >= 15 is 0 Å². The molecule has 0 aliphatic rings. The van der Waals surface area contributed by atoms with Crippen LogP contribution in [0.4, 0.5) is 5.82 Å². The summed E-state index contributed by atoms with van der Waals surface area (Å²) in [5, 5.41) is 3.61. The molecule has 0 fully saturated rings. The number of benzene rings is 1. The fraction of sp³-hybridized carbons (Fsp3) is 0. The lowest BCUT2D eigenvalue weighted by Crippen LogP contribution is -2.13. The van der Waals surface area contributed by atoms with Crippen LogP contribution >= 0.6 is 15.9 Å². The van der Waals surface area contributed by atoms with Gasteiger partial charge in [0, 0.05) is 23.3 Å². The van der Waals surface area contributed by atoms with E-state index in [1.165, 1.54) is 0 Å². The van der Waals surface area contributed by atoms with Gasteiger partial charge in [-0.2, -0.15) is 0 Å². The molecule has 2 heterocycles. The first-order chi connectivity index (χ1) is 9.75. The van der Waals surface area contributed by atoms with Gasteiger partial charge in [-0.3, -0.25) is 9.78 Å². The van der Waals surface area contributed by atoms with Gasteiger partial charge in [0.05, 0.1) is 9.99 Å². The predicted octanol–water partition coefficient (Wildman–Crippen LogP) is 3.64. The predicted molar refractivity (Wildman–Crippen MR) is 81.6 cm³/mol. The van der Waals surface area contributed by atoms with Crippen LogP contribution in [0.25, 0.3) is 10.9 Å². The Kier molecular flexibility index (Phi) is 3.43. The fourth-order valence-electron chi connectivity index (χ4n) is 1.95. The standard InChI is InChI=1S/C15H10BrN3O/c16-12-6-3-9-18-14(12)19-15(20)11-4-1-7-13-10(11)5-2-8-17-13/h1-9H,(H,18,19,20). The molecule has 1 amide bonds. The van der Waals surface area contributed by atoms with Gasteiger partial charge in [0.2, 0.25) is 0 Å². The van der Waals surface area contributed by atoms with Gasteiger partial charge in [-0.25, -0.2) is 4.98 Å². The zero-order chi connectivity index (χ0) is 13.9. The van der Waals surface area contributed by atoms with E-state index in [4.69, 9.17) is 0 Å². The number of aromatic nitrogens is 2. The van der Waals surface area contributed by atoms with Gasteiger partial charge in [-0.1, -0.05) is 12.1 Å². The first-order valence-electron chi connectivity index (χ1n) is 6.01. The summed E-state index contributed by atoms with van der Waals surface area (Å²) < 4.78 is 0.742. The third-order valence-electron chi connectivity index (χ3n) is 2.88. The Hall–Kier alpha value is -2.27. The zero-order valence-corrected chi connectivity index (χ0v) is 12.0. The first kappa shape index (κ1) is 12.7. The number of carbonyl (C=O) groups is 1. The molecule has 0 saturated heterocycles. The molecule has 3 aromatic rings. The number of fused-ring (bicyclic) bond motifs is 1. The van der Waals surface area contributed by atoms with E-state index in [-0.39, 0.29) is 5.91 Å². The SMILES string of the molecule is O=C(Nc1ncccc1Br)c1cccc2ncccc12. The Labute approximate surface area is 124 Å². The van der Waals surface area contributed by atoms with E-state index in [1.807, 2.05) is 30.3 Å². The lowest BCUT2D eigenvalue weighted by atomic mass is 10.1. The number of hydrogen-bond acceptors (Lipinski definition) is 3. The van der Waals surface area contributed by atoms with Gasteiger partial charge >= 0.3 is 0 Å². The molecule has 0 bridgehead atoms. The number of anilines is 1. The number of rotatable bonds is 2. The molecule has 98 valence electrons. The minimum absolute atomic E-state index is 0.206. The van der Waals surface area contributed by atoms with Crippen LogP contribution in [0.15, 0.2) is 59.3 Å². The Morgan fingerprint density at radius 3 is 2.65 bits per heavy atom. The van der Waals surface area contributed by atoms with E-state index in [0.717, 1.165) is 15.4 Å². The summed E-state index contributed by atoms with van der Waals surface area (Å²) in [4.78, 5) is 20.8. The van der Waals surface area contributed by atoms with Crippen LogP contribution in [-0.4, -0.2) is 15.9 Å². The van der Waals surface area contributed by atoms with Gasteiger partial charge in [-0.15, -0.1) is 0 Å². The van der Waals surface area contributed by atoms with E-state index < -0.39 is 0 Å². The summed E-state index contributed by atoms with van der Waals surface area (Å²) in [7, 11) is 0. The highest BCUT2D eigenvalue weighted by molar-refractivity contribution is 9.10. The van der Waals surface area contributed by atoms with E-state index in [9.17, 15) is 4.79 Å². The van der Waals surface area contributed by atoms with E-state index in [2.05, 4.69) is 31.2 Å². The third kappa shape index (κ3) is 2.40. The molecular weight excluding hydrogens is 318 g/mol. The Bertz CT molecular complexity index is 783. The van der Waals surface area contributed by atoms with Crippen LogP contribution in [0.2, 0.25) is 0 Å². The maximum atomic E-state index is 12.4. The zero-order valence-electron chi connectivity index (χ0n) is 10.4. The molecule has 0 saturated carbocycles. The minimum atomic E-state index is -0.206. The monoisotopic (exact) mass is 327 g/mol. The molecule has 0 atom stereocenters. The topological polar surface area (TPSA) is 54.9 Å². The van der Waals surface area contributed by atoms with Crippen molar-refractivity contribution in [3.8, 4) is 0 Å². The number of pyridine rings is 2. The smallest absolute Gasteiger partial charge is 0.257 e. The van der Waals surface area contributed by atoms with Crippen molar-refractivity contribution in [2.75, 3.05) is 5.32 Å². The summed E-state index contributed by atoms with van der Waals surface area (Å²) in [6, 6.07) is 12.8. The number of hydrogen-bond donors (Lipinski definition) is 1. The second-order valence-corrected chi connectivity index (χ2v) is 5.02. The highest BCUT2D eigenvalue weighted by Crippen LogP contribution is 2.21. The quantitative estimate of drug-likeness (QED) is 0.781. The molecular formula is C15H10BrN3O. The van der Waals surface area contributed by atoms with Gasteiger partial charge in [0.15, 0.2) is 0 Å². The molecule has 0 spiro atoms. The van der Waals surface area contributed by atoms with Crippen molar-refractivity contribution < 1.29 is 4.79 Å². The fourth-order valence-corrected chi connectivity index (χ4v) is 2.31. The minimum Gasteiger partial charge on any atom is -0.306 e. The molecule has 0 radical (unpaired) electrons. The Balaban J connectivity index is 1.99. The van der Waals surface area contributed by atoms with Crippen LogP contribution < -0.4 is 5.32 Å². The van der Waals surface area contributed by atoms with Crippen molar-refractivity contribution >= 4 is 38.6 Å². The van der Waals surface area contributed by atoms with E-state index in [0.29, 0.717) is 11.4 Å². The Morgan fingerprint density at radius 1 is 1.00 bits per heavy atom. The number of halogens is 1. The second kappa shape index (κ2) is 5.38. The maximum Gasteiger partial charge on any atom is 0.257 e. The summed E-state index contributed by atoms with van der Waals surface area (Å²) >= 11 is 3.36. The summed E-state index contributed by atoms with van der Waals surface area (Å²) in [5.74, 6) is 0.293. The molecule has 2 aromatic heterocycles. The summed E-state index contributed by atoms with van der Waals surface area (Å²) in [6.07, 6.45) is 3.34. The van der Waals surface area contributed by atoms with Gasteiger partial charge < -0.3 is 5.32 Å². The summed E-state index contributed by atoms with van der Waals surface area (Å²) in [5.41, 5.74) is 1.37. The van der Waals surface area contributed by atoms with Crippen LogP contribution in [-0.2, 0) is 0 Å². The molecule has 0 aliphatic heterocycles. The number of carbonyl (C=O) groups excluding carboxylic acids is 1. The van der Waals surface area contributed by atoms with Crippen molar-refractivity contribution in [3.63, 3.8) is 0 Å². The van der Waals surface area contributed by atoms with Crippen LogP contribution in [0.1, 0.15) is 10.4 Å². The summed E-state index contributed by atoms with van der Waals surface area (Å²) in [6.45, 7) is 0. The van der Waals surface area contributed by atoms with Crippen LogP contribution in [0.5, 0.6) is 0 Å². The van der Waals surface area contributed by atoms with Crippen LogP contribution in [0.3, 0.4) is 0 Å². The average Bonchev–Trinajstić information content (AvgIpc) is 2.49. The molecule has 1 N–H and O–H groups in total. The molecule has 5 heteroatoms. The number of nitrogens with zero attached hydrogens (tertiary/aromatic N) is 2. The normalized spacial score (nSPS) is 10.4. The van der Waals surface area contributed by atoms with Crippen molar-refractivity contribution in [3.05, 3.63) is 64.9 Å². The van der Waals surface area contributed by atoms with Gasteiger partial charge in [0.25, 0.3) is 5.91 Å². The lowest BCUT2D eigenvalue weighted by Gasteiger charge is -2.08. The number of amides is 1. The van der Waals surface area contributed by atoms with Crippen molar-refractivity contribution in [2.45, 2.75) is 0 Å². The average molecular weight is 328 g/mol.